The number of benzene rings is 2. The van der Waals surface area contributed by atoms with E-state index in [0.29, 0.717) is 4.90 Å². The van der Waals surface area contributed by atoms with Crippen LogP contribution in [0.15, 0.2) is 46.5 Å². The molecule has 17 heteroatoms. The fraction of sp³-hybridized carbons (Fsp3) is 0.280. The number of hydrogen-bond donors (Lipinski definition) is 0. The lowest BCUT2D eigenvalue weighted by atomic mass is 10.1. The Morgan fingerprint density at radius 1 is 0.905 bits per heavy atom. The zero-order valence-corrected chi connectivity index (χ0v) is 22.1. The zero-order valence-electron chi connectivity index (χ0n) is 21.3. The van der Waals surface area contributed by atoms with E-state index >= 15 is 0 Å². The Hall–Kier alpha value is -4.47. The Bertz CT molecular complexity index is 1990. The summed E-state index contributed by atoms with van der Waals surface area (Å²) in [6.07, 6.45) is 3.74. The number of aryl methyl sites for hydroxylation is 1. The second kappa shape index (κ2) is 9.54. The lowest BCUT2D eigenvalue weighted by Gasteiger charge is -2.21. The van der Waals surface area contributed by atoms with Crippen molar-refractivity contribution in [3.63, 3.8) is 0 Å². The summed E-state index contributed by atoms with van der Waals surface area (Å²) in [7, 11) is 1.57. The minimum absolute atomic E-state index is 0.00323. The largest absolute Gasteiger partial charge is 0.357 e. The molecule has 0 radical (unpaired) electrons. The van der Waals surface area contributed by atoms with Gasteiger partial charge in [0.2, 0.25) is 0 Å². The van der Waals surface area contributed by atoms with Crippen molar-refractivity contribution in [2.75, 3.05) is 18.0 Å². The number of aromatic nitrogens is 7. The van der Waals surface area contributed by atoms with Crippen LogP contribution in [0.5, 0.6) is 0 Å². The lowest BCUT2D eigenvalue weighted by Crippen LogP contribution is -2.41. The summed E-state index contributed by atoms with van der Waals surface area (Å²) in [5.74, 6) is -11.3. The molecule has 1 aliphatic rings. The van der Waals surface area contributed by atoms with Gasteiger partial charge in [0.05, 0.1) is 47.8 Å². The normalized spacial score (nSPS) is 16.1. The molecule has 4 heterocycles. The van der Waals surface area contributed by atoms with E-state index < -0.39 is 65.9 Å². The van der Waals surface area contributed by atoms with Crippen LogP contribution in [0.25, 0.3) is 21.9 Å². The summed E-state index contributed by atoms with van der Waals surface area (Å²) in [5, 5.41) is 3.30. The van der Waals surface area contributed by atoms with Crippen LogP contribution < -0.4 is 16.1 Å². The summed E-state index contributed by atoms with van der Waals surface area (Å²) >= 11 is 5.81. The molecular weight excluding hydrogens is 594 g/mol. The van der Waals surface area contributed by atoms with E-state index in [1.807, 2.05) is 0 Å². The van der Waals surface area contributed by atoms with Crippen LogP contribution in [0.4, 0.5) is 32.0 Å². The van der Waals surface area contributed by atoms with Gasteiger partial charge < -0.3 is 4.90 Å². The molecule has 6 rings (SSSR count). The Labute approximate surface area is 235 Å². The van der Waals surface area contributed by atoms with Gasteiger partial charge in [0.1, 0.15) is 17.4 Å². The minimum atomic E-state index is -4.38. The highest BCUT2D eigenvalue weighted by molar-refractivity contribution is 6.30. The first-order chi connectivity index (χ1) is 19.8. The van der Waals surface area contributed by atoms with Crippen LogP contribution in [0.3, 0.4) is 0 Å². The molecule has 218 valence electrons. The zero-order chi connectivity index (χ0) is 30.1. The minimum Gasteiger partial charge on any atom is -0.357 e. The second-order valence-corrected chi connectivity index (χ2v) is 10.2. The third kappa shape index (κ3) is 4.36. The third-order valence-electron chi connectivity index (χ3n) is 6.90. The predicted octanol–water partition coefficient (Wildman–Crippen LogP) is 3.35. The smallest absolute Gasteiger partial charge is 0.332 e. The number of alkyl halides is 4. The highest BCUT2D eigenvalue weighted by Gasteiger charge is 2.63. The molecule has 0 unspecified atom stereocenters. The maximum absolute atomic E-state index is 14.2. The molecule has 1 saturated heterocycles. The van der Waals surface area contributed by atoms with E-state index in [1.54, 1.807) is 7.05 Å². The Morgan fingerprint density at radius 2 is 1.57 bits per heavy atom. The van der Waals surface area contributed by atoms with Gasteiger partial charge in [0.15, 0.2) is 17.5 Å². The van der Waals surface area contributed by atoms with Gasteiger partial charge in [-0.1, -0.05) is 11.6 Å². The number of fused-ring (bicyclic) bond motifs is 3. The van der Waals surface area contributed by atoms with Crippen molar-refractivity contribution in [1.82, 2.24) is 33.9 Å². The van der Waals surface area contributed by atoms with Crippen molar-refractivity contribution in [2.45, 2.75) is 24.9 Å². The monoisotopic (exact) mass is 610 g/mol. The van der Waals surface area contributed by atoms with E-state index in [0.717, 1.165) is 27.3 Å². The van der Waals surface area contributed by atoms with Crippen LogP contribution in [0.2, 0.25) is 5.02 Å². The van der Waals surface area contributed by atoms with Gasteiger partial charge in [-0.2, -0.15) is 22.7 Å². The van der Waals surface area contributed by atoms with E-state index in [4.69, 9.17) is 11.6 Å². The molecule has 0 atom stereocenters. The van der Waals surface area contributed by atoms with Crippen molar-refractivity contribution in [1.29, 1.82) is 0 Å². The first-order valence-electron chi connectivity index (χ1n) is 12.2. The highest BCUT2D eigenvalue weighted by Crippen LogP contribution is 2.44. The van der Waals surface area contributed by atoms with E-state index in [2.05, 4.69) is 20.1 Å². The number of halogens is 7. The number of nitrogens with zero attached hydrogens (tertiary/aromatic N) is 8. The Morgan fingerprint density at radius 3 is 2.19 bits per heavy atom. The van der Waals surface area contributed by atoms with Crippen LogP contribution >= 0.6 is 11.6 Å². The van der Waals surface area contributed by atoms with Gasteiger partial charge in [0.25, 0.3) is 5.56 Å². The van der Waals surface area contributed by atoms with Crippen molar-refractivity contribution in [3.05, 3.63) is 85.8 Å². The SMILES string of the molecule is Cn1cnc(Cn2c(=O)c3c4nccnc4c(N4CC(F)(F)C(F)(F)C4)cc3n(Cc3cc(F)c(F)c(Cl)c3)c2=O)n1. The van der Waals surface area contributed by atoms with Crippen molar-refractivity contribution < 1.29 is 26.3 Å². The summed E-state index contributed by atoms with van der Waals surface area (Å²) in [4.78, 5) is 40.7. The van der Waals surface area contributed by atoms with Gasteiger partial charge in [-0.15, -0.1) is 0 Å². The fourth-order valence-corrected chi connectivity index (χ4v) is 5.17. The summed E-state index contributed by atoms with van der Waals surface area (Å²) in [5.41, 5.74) is -2.57. The second-order valence-electron chi connectivity index (χ2n) is 9.78. The van der Waals surface area contributed by atoms with Gasteiger partial charge in [-0.25, -0.2) is 18.6 Å². The van der Waals surface area contributed by atoms with Crippen molar-refractivity contribution in [2.24, 2.45) is 7.05 Å². The number of anilines is 1. The summed E-state index contributed by atoms with van der Waals surface area (Å²) < 4.78 is 88.1. The summed E-state index contributed by atoms with van der Waals surface area (Å²) in [6, 6.07) is 2.97. The maximum atomic E-state index is 14.2. The van der Waals surface area contributed by atoms with E-state index in [9.17, 15) is 35.9 Å². The molecule has 3 aromatic heterocycles. The first kappa shape index (κ1) is 27.7. The molecular formula is C25H17ClF6N8O2. The molecule has 1 aliphatic heterocycles. The van der Waals surface area contributed by atoms with E-state index in [-0.39, 0.29) is 39.0 Å². The quantitative estimate of drug-likeness (QED) is 0.171. The Balaban J connectivity index is 1.67. The molecule has 10 nitrogen and oxygen atoms in total. The molecule has 0 bridgehead atoms. The number of rotatable bonds is 5. The topological polar surface area (TPSA) is 104 Å². The molecule has 5 aromatic rings. The van der Waals surface area contributed by atoms with Gasteiger partial charge >= 0.3 is 17.5 Å². The molecule has 0 N–H and O–H groups in total. The average Bonchev–Trinajstić information content (AvgIpc) is 3.44. The van der Waals surface area contributed by atoms with Gasteiger partial charge in [-0.3, -0.25) is 28.6 Å². The Kier molecular flexibility index (Phi) is 6.29. The summed E-state index contributed by atoms with van der Waals surface area (Å²) in [6.45, 7) is -3.63. The van der Waals surface area contributed by atoms with Crippen LogP contribution in [0.1, 0.15) is 11.4 Å². The van der Waals surface area contributed by atoms with Crippen LogP contribution in [0, 0.1) is 11.6 Å². The van der Waals surface area contributed by atoms with Crippen LogP contribution in [-0.2, 0) is 20.1 Å². The molecule has 1 fully saturated rings. The first-order valence-corrected chi connectivity index (χ1v) is 12.5. The van der Waals surface area contributed by atoms with Crippen molar-refractivity contribution in [3.8, 4) is 0 Å². The van der Waals surface area contributed by atoms with Crippen molar-refractivity contribution >= 4 is 39.2 Å². The lowest BCUT2D eigenvalue weighted by molar-refractivity contribution is -0.172. The fourth-order valence-electron chi connectivity index (χ4n) is 4.94. The van der Waals surface area contributed by atoms with E-state index in [1.165, 1.54) is 23.4 Å². The average molecular weight is 611 g/mol. The van der Waals surface area contributed by atoms with Crippen LogP contribution in [-0.4, -0.2) is 58.8 Å². The number of hydrogen-bond acceptors (Lipinski definition) is 7. The molecule has 0 aliphatic carbocycles. The molecule has 2 aromatic carbocycles. The van der Waals surface area contributed by atoms with Gasteiger partial charge in [-0.05, 0) is 23.8 Å². The maximum Gasteiger partial charge on any atom is 0.332 e. The molecule has 42 heavy (non-hydrogen) atoms. The molecule has 0 amide bonds. The third-order valence-corrected chi connectivity index (χ3v) is 7.18. The molecule has 0 saturated carbocycles. The highest BCUT2D eigenvalue weighted by atomic mass is 35.5. The van der Waals surface area contributed by atoms with Gasteiger partial charge in [0, 0.05) is 19.4 Å². The predicted molar refractivity (Wildman–Crippen MR) is 138 cm³/mol. The molecule has 0 spiro atoms. The standard InChI is InChI=1S/C25H17ClF6N8O2/c1-37-11-35-17(36-37)8-40-22(41)18-15(39(23(40)42)7-12-4-13(26)19(28)14(27)5-12)6-16(20-21(18)34-3-2-33-20)38-9-24(29,30)25(31,32)10-38/h2-6,11H,7-10H2,1H3.